The van der Waals surface area contributed by atoms with E-state index < -0.39 is 0 Å². The number of nitrogens with zero attached hydrogens (tertiary/aromatic N) is 1. The molecule has 1 aliphatic heterocycles. The molecule has 1 aromatic rings. The van der Waals surface area contributed by atoms with Gasteiger partial charge in [-0.2, -0.15) is 0 Å². The van der Waals surface area contributed by atoms with Crippen molar-refractivity contribution in [2.75, 3.05) is 12.8 Å². The molecular weight excluding hydrogens is 210 g/mol. The van der Waals surface area contributed by atoms with Gasteiger partial charge in [0.05, 0.1) is 0 Å². The van der Waals surface area contributed by atoms with Gasteiger partial charge in [-0.1, -0.05) is 54.3 Å². The standard InChI is InChI=1S/C11H13NS2/c1-12-10(8-14-11(12)13)7-9-5-3-2-4-6-9/h2-6,10H,7-8H2,1H3. The highest BCUT2D eigenvalue weighted by Gasteiger charge is 2.25. The monoisotopic (exact) mass is 223 g/mol. The second-order valence-electron chi connectivity index (χ2n) is 3.53. The van der Waals surface area contributed by atoms with Crippen molar-refractivity contribution < 1.29 is 0 Å². The Balaban J connectivity index is 2.02. The van der Waals surface area contributed by atoms with E-state index in [2.05, 4.69) is 42.3 Å². The third kappa shape index (κ3) is 2.10. The van der Waals surface area contributed by atoms with Crippen LogP contribution in [-0.2, 0) is 6.42 Å². The largest absolute Gasteiger partial charge is 0.356 e. The predicted molar refractivity (Wildman–Crippen MR) is 66.8 cm³/mol. The fourth-order valence-electron chi connectivity index (χ4n) is 1.61. The van der Waals surface area contributed by atoms with Gasteiger partial charge in [-0.25, -0.2) is 0 Å². The molecule has 1 aromatic carbocycles. The molecule has 0 spiro atoms. The number of benzene rings is 1. The van der Waals surface area contributed by atoms with Crippen LogP contribution in [0.25, 0.3) is 0 Å². The summed E-state index contributed by atoms with van der Waals surface area (Å²) in [4.78, 5) is 2.22. The van der Waals surface area contributed by atoms with E-state index in [1.54, 1.807) is 11.8 Å². The first-order valence-corrected chi connectivity index (χ1v) is 6.10. The van der Waals surface area contributed by atoms with Crippen LogP contribution in [0.15, 0.2) is 30.3 Å². The van der Waals surface area contributed by atoms with Gasteiger partial charge in [0.1, 0.15) is 4.32 Å². The Morgan fingerprint density at radius 1 is 1.43 bits per heavy atom. The van der Waals surface area contributed by atoms with Crippen molar-refractivity contribution in [1.29, 1.82) is 0 Å². The summed E-state index contributed by atoms with van der Waals surface area (Å²) in [5.41, 5.74) is 1.40. The molecule has 1 aliphatic rings. The smallest absolute Gasteiger partial charge is 0.136 e. The minimum Gasteiger partial charge on any atom is -0.356 e. The number of rotatable bonds is 2. The summed E-state index contributed by atoms with van der Waals surface area (Å²) in [6, 6.07) is 11.2. The van der Waals surface area contributed by atoms with Crippen LogP contribution in [0.2, 0.25) is 0 Å². The van der Waals surface area contributed by atoms with Gasteiger partial charge in [0.25, 0.3) is 0 Å². The van der Waals surface area contributed by atoms with Crippen LogP contribution < -0.4 is 0 Å². The molecular formula is C11H13NS2. The van der Waals surface area contributed by atoms with Crippen LogP contribution in [0.1, 0.15) is 5.56 Å². The fraction of sp³-hybridized carbons (Fsp3) is 0.364. The Morgan fingerprint density at radius 2 is 2.14 bits per heavy atom. The third-order valence-electron chi connectivity index (χ3n) is 2.55. The Morgan fingerprint density at radius 3 is 2.71 bits per heavy atom. The molecule has 74 valence electrons. The predicted octanol–water partition coefficient (Wildman–Crippen LogP) is 2.56. The van der Waals surface area contributed by atoms with E-state index in [1.807, 2.05) is 0 Å². The van der Waals surface area contributed by atoms with E-state index in [1.165, 1.54) is 5.56 Å². The van der Waals surface area contributed by atoms with Crippen LogP contribution >= 0.6 is 24.0 Å². The number of hydrogen-bond acceptors (Lipinski definition) is 2. The lowest BCUT2D eigenvalue weighted by atomic mass is 10.1. The van der Waals surface area contributed by atoms with Crippen LogP contribution in [0, 0.1) is 0 Å². The van der Waals surface area contributed by atoms with E-state index in [0.29, 0.717) is 6.04 Å². The molecule has 2 rings (SSSR count). The quantitative estimate of drug-likeness (QED) is 0.709. The SMILES string of the molecule is CN1C(=S)SCC1Cc1ccccc1. The molecule has 0 amide bonds. The highest BCUT2D eigenvalue weighted by Crippen LogP contribution is 2.24. The summed E-state index contributed by atoms with van der Waals surface area (Å²) in [6.07, 6.45) is 1.10. The summed E-state index contributed by atoms with van der Waals surface area (Å²) < 4.78 is 1.03. The van der Waals surface area contributed by atoms with Gasteiger partial charge in [-0.15, -0.1) is 0 Å². The molecule has 1 nitrogen and oxygen atoms in total. The average Bonchev–Trinajstić information content (AvgIpc) is 2.52. The lowest BCUT2D eigenvalue weighted by molar-refractivity contribution is 0.417. The van der Waals surface area contributed by atoms with Crippen molar-refractivity contribution >= 4 is 28.3 Å². The molecule has 0 aliphatic carbocycles. The summed E-state index contributed by atoms with van der Waals surface area (Å²) in [5.74, 6) is 1.13. The van der Waals surface area contributed by atoms with E-state index >= 15 is 0 Å². The maximum Gasteiger partial charge on any atom is 0.136 e. The number of thioether (sulfide) groups is 1. The first-order chi connectivity index (χ1) is 6.77. The van der Waals surface area contributed by atoms with Crippen molar-refractivity contribution in [2.45, 2.75) is 12.5 Å². The number of likely N-dealkylation sites (N-methyl/N-ethyl adjacent to an activating group) is 1. The van der Waals surface area contributed by atoms with Crippen molar-refractivity contribution in [3.05, 3.63) is 35.9 Å². The molecule has 0 radical (unpaired) electrons. The molecule has 1 atom stereocenters. The Kier molecular flexibility index (Phi) is 3.08. The maximum absolute atomic E-state index is 5.22. The van der Waals surface area contributed by atoms with E-state index in [-0.39, 0.29) is 0 Å². The molecule has 1 heterocycles. The zero-order chi connectivity index (χ0) is 9.97. The van der Waals surface area contributed by atoms with Crippen LogP contribution in [0.4, 0.5) is 0 Å². The molecule has 1 fully saturated rings. The molecule has 0 bridgehead atoms. The van der Waals surface area contributed by atoms with E-state index in [9.17, 15) is 0 Å². The summed E-state index contributed by atoms with van der Waals surface area (Å²) in [7, 11) is 2.09. The molecule has 0 aromatic heterocycles. The molecule has 14 heavy (non-hydrogen) atoms. The first-order valence-electron chi connectivity index (χ1n) is 4.71. The minimum atomic E-state index is 0.579. The lowest BCUT2D eigenvalue weighted by Gasteiger charge is -2.20. The Hall–Kier alpha value is -0.540. The summed E-state index contributed by atoms with van der Waals surface area (Å²) >= 11 is 7.01. The maximum atomic E-state index is 5.22. The lowest BCUT2D eigenvalue weighted by Crippen LogP contribution is -2.30. The van der Waals surface area contributed by atoms with Gasteiger partial charge >= 0.3 is 0 Å². The van der Waals surface area contributed by atoms with Crippen LogP contribution in [-0.4, -0.2) is 28.1 Å². The molecule has 3 heteroatoms. The van der Waals surface area contributed by atoms with Crippen molar-refractivity contribution in [2.24, 2.45) is 0 Å². The normalized spacial score (nSPS) is 21.6. The fourth-order valence-corrected chi connectivity index (χ4v) is 2.99. The van der Waals surface area contributed by atoms with Crippen molar-refractivity contribution in [3.8, 4) is 0 Å². The van der Waals surface area contributed by atoms with E-state index in [0.717, 1.165) is 16.5 Å². The zero-order valence-corrected chi connectivity index (χ0v) is 9.78. The number of hydrogen-bond donors (Lipinski definition) is 0. The van der Waals surface area contributed by atoms with Gasteiger partial charge < -0.3 is 4.90 Å². The van der Waals surface area contributed by atoms with Crippen LogP contribution in [0.5, 0.6) is 0 Å². The van der Waals surface area contributed by atoms with E-state index in [4.69, 9.17) is 12.2 Å². The highest BCUT2D eigenvalue weighted by molar-refractivity contribution is 8.23. The first kappa shape index (κ1) is 9.99. The topological polar surface area (TPSA) is 3.24 Å². The van der Waals surface area contributed by atoms with Gasteiger partial charge in [0.2, 0.25) is 0 Å². The summed E-state index contributed by atoms with van der Waals surface area (Å²) in [6.45, 7) is 0. The van der Waals surface area contributed by atoms with Crippen molar-refractivity contribution in [1.82, 2.24) is 4.90 Å². The van der Waals surface area contributed by atoms with Gasteiger partial charge in [-0.3, -0.25) is 0 Å². The van der Waals surface area contributed by atoms with Gasteiger partial charge in [-0.05, 0) is 12.0 Å². The summed E-state index contributed by atoms with van der Waals surface area (Å²) in [5, 5.41) is 0. The molecule has 0 saturated carbocycles. The Bertz CT molecular complexity index is 323. The number of thiocarbonyl (C=S) groups is 1. The highest BCUT2D eigenvalue weighted by atomic mass is 32.2. The molecule has 1 unspecified atom stereocenters. The van der Waals surface area contributed by atoms with Crippen LogP contribution in [0.3, 0.4) is 0 Å². The van der Waals surface area contributed by atoms with Gasteiger partial charge in [0, 0.05) is 18.8 Å². The Labute approximate surface area is 94.5 Å². The molecule has 1 saturated heterocycles. The minimum absolute atomic E-state index is 0.579. The average molecular weight is 223 g/mol. The molecule has 0 N–H and O–H groups in total. The van der Waals surface area contributed by atoms with Crippen molar-refractivity contribution in [3.63, 3.8) is 0 Å². The van der Waals surface area contributed by atoms with Gasteiger partial charge in [0.15, 0.2) is 0 Å². The zero-order valence-electron chi connectivity index (χ0n) is 8.14. The second-order valence-corrected chi connectivity index (χ2v) is 5.19. The third-order valence-corrected chi connectivity index (χ3v) is 4.28. The second kappa shape index (κ2) is 4.32.